The molecule has 0 aliphatic carbocycles. The summed E-state index contributed by atoms with van der Waals surface area (Å²) in [6, 6.07) is 0. The topological polar surface area (TPSA) is 52.6 Å². The van der Waals surface area contributed by atoms with Gasteiger partial charge in [0.25, 0.3) is 0 Å². The lowest BCUT2D eigenvalue weighted by molar-refractivity contribution is -0.159. The molecule has 4 heteroatoms. The lowest BCUT2D eigenvalue weighted by Gasteiger charge is -2.13. The van der Waals surface area contributed by atoms with E-state index >= 15 is 0 Å². The molecule has 0 aromatic rings. The van der Waals surface area contributed by atoms with E-state index in [4.69, 9.17) is 9.47 Å². The van der Waals surface area contributed by atoms with Crippen LogP contribution in [0.4, 0.5) is 0 Å². The van der Waals surface area contributed by atoms with Crippen molar-refractivity contribution in [1.82, 2.24) is 0 Å². The van der Waals surface area contributed by atoms with Gasteiger partial charge in [0, 0.05) is 19.9 Å². The van der Waals surface area contributed by atoms with Gasteiger partial charge in [-0.3, -0.25) is 4.79 Å². The Morgan fingerprint density at radius 3 is 2.36 bits per heavy atom. The Morgan fingerprint density at radius 1 is 1.36 bits per heavy atom. The Morgan fingerprint density at radius 2 is 2.00 bits per heavy atom. The molecule has 0 N–H and O–H groups in total. The second kappa shape index (κ2) is 2.38. The lowest BCUT2D eigenvalue weighted by atomic mass is 10.4. The Bertz CT molecular complexity index is 227. The second-order valence-corrected chi connectivity index (χ2v) is 2.56. The van der Waals surface area contributed by atoms with E-state index in [1.807, 2.05) is 0 Å². The molecule has 0 atom stereocenters. The standard InChI is InChI=1S/C7H8O4/c1-7(2)10-5(3-4-8)6(9)11-7/h3-4H,1-2H3/b5-3+. The number of hydrogen-bond acceptors (Lipinski definition) is 4. The Kier molecular flexibility index (Phi) is 1.68. The van der Waals surface area contributed by atoms with Gasteiger partial charge < -0.3 is 9.47 Å². The van der Waals surface area contributed by atoms with Crippen molar-refractivity contribution in [3.63, 3.8) is 0 Å². The van der Waals surface area contributed by atoms with Gasteiger partial charge in [-0.2, -0.15) is 0 Å². The third-order valence-electron chi connectivity index (χ3n) is 1.11. The predicted molar refractivity (Wildman–Crippen MR) is 35.4 cm³/mol. The van der Waals surface area contributed by atoms with Gasteiger partial charge in [-0.15, -0.1) is 0 Å². The van der Waals surface area contributed by atoms with E-state index in [9.17, 15) is 9.59 Å². The first-order chi connectivity index (χ1) is 5.05. The van der Waals surface area contributed by atoms with E-state index in [0.29, 0.717) is 6.29 Å². The molecule has 0 aromatic carbocycles. The first-order valence-electron chi connectivity index (χ1n) is 3.13. The van der Waals surface area contributed by atoms with Crippen molar-refractivity contribution < 1.29 is 19.1 Å². The van der Waals surface area contributed by atoms with Gasteiger partial charge in [0.2, 0.25) is 11.5 Å². The van der Waals surface area contributed by atoms with E-state index in [1.165, 1.54) is 0 Å². The highest BCUT2D eigenvalue weighted by atomic mass is 16.8. The van der Waals surface area contributed by atoms with Crippen LogP contribution in [0, 0.1) is 0 Å². The summed E-state index contributed by atoms with van der Waals surface area (Å²) >= 11 is 0. The highest BCUT2D eigenvalue weighted by molar-refractivity contribution is 5.92. The third-order valence-corrected chi connectivity index (χ3v) is 1.11. The molecule has 0 aromatic heterocycles. The van der Waals surface area contributed by atoms with Crippen LogP contribution in [0.3, 0.4) is 0 Å². The summed E-state index contributed by atoms with van der Waals surface area (Å²) in [4.78, 5) is 20.8. The van der Waals surface area contributed by atoms with Crippen molar-refractivity contribution in [2.45, 2.75) is 19.6 Å². The molecule has 1 aliphatic rings. The summed E-state index contributed by atoms with van der Waals surface area (Å²) in [7, 11) is 0. The lowest BCUT2D eigenvalue weighted by Crippen LogP contribution is -2.19. The molecule has 4 nitrogen and oxygen atoms in total. The summed E-state index contributed by atoms with van der Waals surface area (Å²) in [6.45, 7) is 3.19. The van der Waals surface area contributed by atoms with Gasteiger partial charge in [0.05, 0.1) is 0 Å². The number of cyclic esters (lactones) is 1. The van der Waals surface area contributed by atoms with E-state index in [1.54, 1.807) is 13.8 Å². The molecule has 0 radical (unpaired) electrons. The average molecular weight is 156 g/mol. The predicted octanol–water partition coefficient (Wildman–Crippen LogP) is 0.379. The number of esters is 1. The Balaban J connectivity index is 2.82. The molecule has 1 fully saturated rings. The highest BCUT2D eigenvalue weighted by Crippen LogP contribution is 2.25. The van der Waals surface area contributed by atoms with Gasteiger partial charge in [-0.25, -0.2) is 4.79 Å². The summed E-state index contributed by atoms with van der Waals surface area (Å²) in [5, 5.41) is 0. The molecule has 1 aliphatic heterocycles. The first kappa shape index (κ1) is 7.78. The maximum atomic E-state index is 10.8. The van der Waals surface area contributed by atoms with Gasteiger partial charge in [0.15, 0.2) is 0 Å². The van der Waals surface area contributed by atoms with Gasteiger partial charge in [-0.05, 0) is 0 Å². The molecule has 1 rings (SSSR count). The molecule has 0 unspecified atom stereocenters. The fraction of sp³-hybridized carbons (Fsp3) is 0.429. The van der Waals surface area contributed by atoms with Crippen molar-refractivity contribution in [3.05, 3.63) is 11.8 Å². The maximum absolute atomic E-state index is 10.8. The van der Waals surface area contributed by atoms with Crippen LogP contribution in [0.5, 0.6) is 0 Å². The SMILES string of the molecule is CC1(C)OC(=O)/C(=C\C=O)O1. The van der Waals surface area contributed by atoms with Crippen molar-refractivity contribution in [1.29, 1.82) is 0 Å². The minimum Gasteiger partial charge on any atom is -0.445 e. The third kappa shape index (κ3) is 1.58. The normalized spacial score (nSPS) is 24.5. The van der Waals surface area contributed by atoms with E-state index < -0.39 is 11.8 Å². The molecule has 0 saturated carbocycles. The molecule has 0 amide bonds. The minimum atomic E-state index is -0.939. The average Bonchev–Trinajstić information content (AvgIpc) is 2.07. The molecule has 60 valence electrons. The number of aldehydes is 1. The molecule has 0 spiro atoms. The summed E-state index contributed by atoms with van der Waals surface area (Å²) in [6.07, 6.45) is 1.52. The molecular formula is C7H8O4. The van der Waals surface area contributed by atoms with Crippen LogP contribution in [-0.2, 0) is 19.1 Å². The number of ether oxygens (including phenoxy) is 2. The van der Waals surface area contributed by atoms with Crippen molar-refractivity contribution in [3.8, 4) is 0 Å². The van der Waals surface area contributed by atoms with Crippen LogP contribution >= 0.6 is 0 Å². The summed E-state index contributed by atoms with van der Waals surface area (Å²) in [5.74, 6) is -1.57. The van der Waals surface area contributed by atoms with Crippen LogP contribution < -0.4 is 0 Å². The summed E-state index contributed by atoms with van der Waals surface area (Å²) < 4.78 is 9.69. The van der Waals surface area contributed by atoms with Crippen LogP contribution in [0.15, 0.2) is 11.8 Å². The number of carbonyl (C=O) groups is 2. The van der Waals surface area contributed by atoms with Crippen LogP contribution in [0.25, 0.3) is 0 Å². The first-order valence-corrected chi connectivity index (χ1v) is 3.13. The van der Waals surface area contributed by atoms with Crippen molar-refractivity contribution in [2.24, 2.45) is 0 Å². The van der Waals surface area contributed by atoms with Crippen LogP contribution in [0.1, 0.15) is 13.8 Å². The Labute approximate surface area is 63.8 Å². The van der Waals surface area contributed by atoms with Gasteiger partial charge in [-0.1, -0.05) is 0 Å². The fourth-order valence-electron chi connectivity index (χ4n) is 0.765. The second-order valence-electron chi connectivity index (χ2n) is 2.56. The zero-order valence-electron chi connectivity index (χ0n) is 6.29. The zero-order valence-corrected chi connectivity index (χ0v) is 6.29. The Hall–Kier alpha value is -1.32. The fourth-order valence-corrected chi connectivity index (χ4v) is 0.765. The van der Waals surface area contributed by atoms with Crippen LogP contribution in [-0.4, -0.2) is 18.0 Å². The summed E-state index contributed by atoms with van der Waals surface area (Å²) in [5.41, 5.74) is 0. The van der Waals surface area contributed by atoms with Gasteiger partial charge in [0.1, 0.15) is 6.29 Å². The van der Waals surface area contributed by atoms with Crippen molar-refractivity contribution in [2.75, 3.05) is 0 Å². The quantitative estimate of drug-likeness (QED) is 0.313. The molecular weight excluding hydrogens is 148 g/mol. The van der Waals surface area contributed by atoms with E-state index in [-0.39, 0.29) is 5.76 Å². The number of rotatable bonds is 1. The molecule has 1 saturated heterocycles. The smallest absolute Gasteiger partial charge is 0.377 e. The maximum Gasteiger partial charge on any atom is 0.377 e. The number of carbonyl (C=O) groups excluding carboxylic acids is 2. The van der Waals surface area contributed by atoms with Crippen molar-refractivity contribution >= 4 is 12.3 Å². The van der Waals surface area contributed by atoms with E-state index in [0.717, 1.165) is 6.08 Å². The molecule has 11 heavy (non-hydrogen) atoms. The highest BCUT2D eigenvalue weighted by Gasteiger charge is 2.36. The number of allylic oxidation sites excluding steroid dienone is 1. The number of hydrogen-bond donors (Lipinski definition) is 0. The zero-order chi connectivity index (χ0) is 8.48. The minimum absolute atomic E-state index is 0.0370. The monoisotopic (exact) mass is 156 g/mol. The largest absolute Gasteiger partial charge is 0.445 e. The van der Waals surface area contributed by atoms with Gasteiger partial charge >= 0.3 is 5.97 Å². The molecule has 1 heterocycles. The molecule has 0 bridgehead atoms. The van der Waals surface area contributed by atoms with Crippen LogP contribution in [0.2, 0.25) is 0 Å². The van der Waals surface area contributed by atoms with E-state index in [2.05, 4.69) is 0 Å².